The molecule has 0 bridgehead atoms. The van der Waals surface area contributed by atoms with Crippen LogP contribution in [0.1, 0.15) is 0 Å². The summed E-state index contributed by atoms with van der Waals surface area (Å²) in [5.74, 6) is 0.886. The normalized spacial score (nSPS) is 10.2. The second-order valence-corrected chi connectivity index (χ2v) is 3.43. The van der Waals surface area contributed by atoms with Gasteiger partial charge in [0.15, 0.2) is 11.5 Å². The fourth-order valence-corrected chi connectivity index (χ4v) is 1.32. The minimum Gasteiger partial charge on any atom is -0.452 e. The van der Waals surface area contributed by atoms with Crippen molar-refractivity contribution in [3.63, 3.8) is 0 Å². The molecule has 0 atom stereocenters. The second kappa shape index (κ2) is 4.12. The second-order valence-electron chi connectivity index (χ2n) is 3.43. The lowest BCUT2D eigenvalue weighted by Gasteiger charge is -2.05. The van der Waals surface area contributed by atoms with Gasteiger partial charge in [-0.2, -0.15) is 5.10 Å². The third-order valence-corrected chi connectivity index (χ3v) is 2.11. The van der Waals surface area contributed by atoms with E-state index in [0.717, 1.165) is 0 Å². The third kappa shape index (κ3) is 2.33. The zero-order valence-electron chi connectivity index (χ0n) is 9.03. The monoisotopic (exact) mass is 234 g/mol. The fraction of sp³-hybridized carbons (Fsp3) is 0.100. The fourth-order valence-electron chi connectivity index (χ4n) is 1.32. The van der Waals surface area contributed by atoms with E-state index in [1.165, 1.54) is 24.4 Å². The molecule has 0 radical (unpaired) electrons. The van der Waals surface area contributed by atoms with E-state index < -0.39 is 4.92 Å². The molecule has 2 aromatic rings. The molecule has 1 aromatic heterocycles. The molecule has 0 unspecified atom stereocenters. The molecular weight excluding hydrogens is 224 g/mol. The molecule has 7 heteroatoms. The van der Waals surface area contributed by atoms with Crippen LogP contribution in [0.3, 0.4) is 0 Å². The summed E-state index contributed by atoms with van der Waals surface area (Å²) in [7, 11) is 1.76. The Hall–Kier alpha value is -2.57. The molecule has 0 aliphatic heterocycles. The Bertz CT molecular complexity index is 564. The zero-order valence-corrected chi connectivity index (χ0v) is 9.03. The van der Waals surface area contributed by atoms with Gasteiger partial charge in [0.25, 0.3) is 5.69 Å². The van der Waals surface area contributed by atoms with Crippen molar-refractivity contribution in [3.8, 4) is 11.5 Å². The van der Waals surface area contributed by atoms with Gasteiger partial charge in [0.1, 0.15) is 0 Å². The summed E-state index contributed by atoms with van der Waals surface area (Å²) in [5.41, 5.74) is 5.80. The number of nitro groups is 1. The number of hydrogen-bond donors (Lipinski definition) is 1. The van der Waals surface area contributed by atoms with E-state index in [1.54, 1.807) is 17.9 Å². The third-order valence-electron chi connectivity index (χ3n) is 2.11. The molecule has 88 valence electrons. The van der Waals surface area contributed by atoms with Gasteiger partial charge >= 0.3 is 0 Å². The van der Waals surface area contributed by atoms with Gasteiger partial charge in [0.05, 0.1) is 23.0 Å². The first-order valence-electron chi connectivity index (χ1n) is 4.76. The van der Waals surface area contributed by atoms with Crippen molar-refractivity contribution in [2.24, 2.45) is 7.05 Å². The highest BCUT2D eigenvalue weighted by atomic mass is 16.6. The van der Waals surface area contributed by atoms with E-state index in [-0.39, 0.29) is 11.4 Å². The molecule has 1 aromatic carbocycles. The summed E-state index contributed by atoms with van der Waals surface area (Å²) in [5, 5.41) is 14.5. The number of nitrogens with zero attached hydrogens (tertiary/aromatic N) is 3. The number of nitrogen functional groups attached to an aromatic ring is 1. The van der Waals surface area contributed by atoms with Crippen LogP contribution < -0.4 is 10.5 Å². The summed E-state index contributed by atoms with van der Waals surface area (Å²) in [6.07, 6.45) is 3.20. The summed E-state index contributed by atoms with van der Waals surface area (Å²) in [4.78, 5) is 10.0. The molecule has 0 saturated carbocycles. The summed E-state index contributed by atoms with van der Waals surface area (Å²) >= 11 is 0. The van der Waals surface area contributed by atoms with E-state index >= 15 is 0 Å². The van der Waals surface area contributed by atoms with Crippen LogP contribution in [-0.2, 0) is 7.05 Å². The number of anilines is 1. The van der Waals surface area contributed by atoms with Crippen LogP contribution >= 0.6 is 0 Å². The lowest BCUT2D eigenvalue weighted by molar-refractivity contribution is -0.384. The van der Waals surface area contributed by atoms with Crippen molar-refractivity contribution >= 4 is 11.4 Å². The number of hydrogen-bond acceptors (Lipinski definition) is 5. The van der Waals surface area contributed by atoms with Gasteiger partial charge in [0.2, 0.25) is 0 Å². The first-order chi connectivity index (χ1) is 8.06. The Kier molecular flexibility index (Phi) is 2.65. The summed E-state index contributed by atoms with van der Waals surface area (Å²) in [6.45, 7) is 0. The quantitative estimate of drug-likeness (QED) is 0.495. The number of rotatable bonds is 3. The molecular formula is C10H10N4O3. The number of ether oxygens (including phenoxy) is 1. The number of aromatic nitrogens is 2. The Labute approximate surface area is 96.6 Å². The molecule has 0 spiro atoms. The number of aryl methyl sites for hydroxylation is 1. The number of non-ortho nitro benzene ring substituents is 1. The molecule has 0 aliphatic rings. The van der Waals surface area contributed by atoms with Crippen LogP contribution in [0.4, 0.5) is 11.4 Å². The SMILES string of the molecule is Cn1cc(Oc2ccc([N+](=O)[O-])cc2N)cn1. The minimum atomic E-state index is -0.510. The smallest absolute Gasteiger partial charge is 0.271 e. The highest BCUT2D eigenvalue weighted by Crippen LogP contribution is 2.30. The Balaban J connectivity index is 2.25. The number of nitro benzene ring substituents is 1. The van der Waals surface area contributed by atoms with Gasteiger partial charge in [-0.25, -0.2) is 0 Å². The predicted octanol–water partition coefficient (Wildman–Crippen LogP) is 1.70. The summed E-state index contributed by atoms with van der Waals surface area (Å²) < 4.78 is 7.01. The highest BCUT2D eigenvalue weighted by Gasteiger charge is 2.10. The van der Waals surface area contributed by atoms with Crippen molar-refractivity contribution in [2.45, 2.75) is 0 Å². The maximum atomic E-state index is 10.5. The first-order valence-corrected chi connectivity index (χ1v) is 4.76. The number of nitrogens with two attached hydrogens (primary N) is 1. The first kappa shape index (κ1) is 10.9. The highest BCUT2D eigenvalue weighted by molar-refractivity contribution is 5.59. The van der Waals surface area contributed by atoms with E-state index in [4.69, 9.17) is 10.5 Å². The van der Waals surface area contributed by atoms with E-state index in [9.17, 15) is 10.1 Å². The maximum absolute atomic E-state index is 10.5. The molecule has 0 amide bonds. The van der Waals surface area contributed by atoms with Crippen molar-refractivity contribution < 1.29 is 9.66 Å². The van der Waals surface area contributed by atoms with Crippen LogP contribution in [0.15, 0.2) is 30.6 Å². The van der Waals surface area contributed by atoms with E-state index in [1.807, 2.05) is 0 Å². The van der Waals surface area contributed by atoms with Crippen LogP contribution in [-0.4, -0.2) is 14.7 Å². The molecule has 17 heavy (non-hydrogen) atoms. The average Bonchev–Trinajstić information content (AvgIpc) is 2.67. The molecule has 0 aliphatic carbocycles. The lowest BCUT2D eigenvalue weighted by atomic mass is 10.2. The predicted molar refractivity (Wildman–Crippen MR) is 60.8 cm³/mol. The summed E-state index contributed by atoms with van der Waals surface area (Å²) in [6, 6.07) is 4.05. The van der Waals surface area contributed by atoms with E-state index in [2.05, 4.69) is 5.10 Å². The van der Waals surface area contributed by atoms with Gasteiger partial charge in [-0.05, 0) is 6.07 Å². The maximum Gasteiger partial charge on any atom is 0.271 e. The Morgan fingerprint density at radius 3 is 2.82 bits per heavy atom. The zero-order chi connectivity index (χ0) is 12.4. The van der Waals surface area contributed by atoms with Gasteiger partial charge in [-0.1, -0.05) is 0 Å². The topological polar surface area (TPSA) is 96.2 Å². The lowest BCUT2D eigenvalue weighted by Crippen LogP contribution is -1.94. The van der Waals surface area contributed by atoms with E-state index in [0.29, 0.717) is 11.5 Å². The van der Waals surface area contributed by atoms with Crippen molar-refractivity contribution in [3.05, 3.63) is 40.7 Å². The van der Waals surface area contributed by atoms with Crippen LogP contribution in [0, 0.1) is 10.1 Å². The van der Waals surface area contributed by atoms with Gasteiger partial charge in [-0.15, -0.1) is 0 Å². The van der Waals surface area contributed by atoms with Gasteiger partial charge < -0.3 is 10.5 Å². The largest absolute Gasteiger partial charge is 0.452 e. The van der Waals surface area contributed by atoms with Crippen molar-refractivity contribution in [1.29, 1.82) is 0 Å². The van der Waals surface area contributed by atoms with Crippen LogP contribution in [0.2, 0.25) is 0 Å². The van der Waals surface area contributed by atoms with Crippen molar-refractivity contribution in [1.82, 2.24) is 9.78 Å². The van der Waals surface area contributed by atoms with Gasteiger partial charge in [-0.3, -0.25) is 14.8 Å². The van der Waals surface area contributed by atoms with Crippen LogP contribution in [0.5, 0.6) is 11.5 Å². The van der Waals surface area contributed by atoms with Gasteiger partial charge in [0, 0.05) is 19.2 Å². The minimum absolute atomic E-state index is 0.0685. The molecule has 0 fully saturated rings. The molecule has 7 nitrogen and oxygen atoms in total. The molecule has 0 saturated heterocycles. The standard InChI is InChI=1S/C10H10N4O3/c1-13-6-8(5-12-13)17-10-3-2-7(14(15)16)4-9(10)11/h2-6H,11H2,1H3. The molecule has 1 heterocycles. The van der Waals surface area contributed by atoms with Crippen molar-refractivity contribution in [2.75, 3.05) is 5.73 Å². The average molecular weight is 234 g/mol. The molecule has 2 N–H and O–H groups in total. The Morgan fingerprint density at radius 2 is 2.29 bits per heavy atom. The molecule has 2 rings (SSSR count). The van der Waals surface area contributed by atoms with Crippen LogP contribution in [0.25, 0.3) is 0 Å². The Morgan fingerprint density at radius 1 is 1.53 bits per heavy atom. The number of benzene rings is 1.